The van der Waals surface area contributed by atoms with E-state index in [0.29, 0.717) is 16.9 Å². The summed E-state index contributed by atoms with van der Waals surface area (Å²) < 4.78 is 10.6. The Morgan fingerprint density at radius 1 is 0.500 bits per heavy atom. The zero-order chi connectivity index (χ0) is 22.3. The number of carbonyl (C=O) groups excluding carboxylic acids is 1. The summed E-state index contributed by atoms with van der Waals surface area (Å²) >= 11 is 0. The fourth-order valence-electron chi connectivity index (χ4n) is 3.70. The van der Waals surface area contributed by atoms with Crippen molar-refractivity contribution in [2.24, 2.45) is 0 Å². The predicted molar refractivity (Wildman–Crippen MR) is 129 cm³/mol. The van der Waals surface area contributed by atoms with Gasteiger partial charge in [-0.25, -0.2) is 0 Å². The van der Waals surface area contributed by atoms with Crippen LogP contribution in [-0.4, -0.2) is 20.0 Å². The third-order valence-corrected chi connectivity index (χ3v) is 5.33. The second-order valence-electron chi connectivity index (χ2n) is 7.27. The zero-order valence-corrected chi connectivity index (χ0v) is 18.1. The van der Waals surface area contributed by atoms with Crippen LogP contribution in [0.4, 0.5) is 0 Å². The van der Waals surface area contributed by atoms with Gasteiger partial charge >= 0.3 is 0 Å². The molecule has 158 valence electrons. The van der Waals surface area contributed by atoms with Crippen molar-refractivity contribution in [1.29, 1.82) is 0 Å². The van der Waals surface area contributed by atoms with Gasteiger partial charge in [-0.15, -0.1) is 0 Å². The molecule has 3 heteroatoms. The molecule has 32 heavy (non-hydrogen) atoms. The molecule has 0 heterocycles. The van der Waals surface area contributed by atoms with Gasteiger partial charge in [-0.3, -0.25) is 4.79 Å². The fourth-order valence-corrected chi connectivity index (χ4v) is 3.70. The Hall–Kier alpha value is -4.11. The maximum Gasteiger partial charge on any atom is 0.194 e. The van der Waals surface area contributed by atoms with Crippen LogP contribution in [0.2, 0.25) is 0 Å². The van der Waals surface area contributed by atoms with Gasteiger partial charge in [0.1, 0.15) is 11.5 Å². The van der Waals surface area contributed by atoms with Gasteiger partial charge in [0.05, 0.1) is 14.2 Å². The molecule has 0 aliphatic carbocycles. The quantitative estimate of drug-likeness (QED) is 0.193. The summed E-state index contributed by atoms with van der Waals surface area (Å²) in [4.78, 5) is 14.0. The van der Waals surface area contributed by atoms with E-state index in [2.05, 4.69) is 0 Å². The topological polar surface area (TPSA) is 35.5 Å². The summed E-state index contributed by atoms with van der Waals surface area (Å²) in [6.45, 7) is 0. The number of hydrogen-bond acceptors (Lipinski definition) is 3. The zero-order valence-electron chi connectivity index (χ0n) is 18.1. The Morgan fingerprint density at radius 3 is 1.31 bits per heavy atom. The summed E-state index contributed by atoms with van der Waals surface area (Å²) in [5, 5.41) is 0. The number of ether oxygens (including phenoxy) is 2. The molecule has 0 aliphatic heterocycles. The molecule has 3 nitrogen and oxygen atoms in total. The van der Waals surface area contributed by atoms with E-state index in [1.165, 1.54) is 0 Å². The van der Waals surface area contributed by atoms with Gasteiger partial charge in [-0.1, -0.05) is 72.8 Å². The molecule has 0 N–H and O–H groups in total. The lowest BCUT2D eigenvalue weighted by Gasteiger charge is -2.17. The number of benzene rings is 4. The minimum atomic E-state index is -0.0551. The highest BCUT2D eigenvalue weighted by atomic mass is 16.5. The number of allylic oxidation sites excluding steroid dienone is 1. The van der Waals surface area contributed by atoms with Crippen molar-refractivity contribution < 1.29 is 14.3 Å². The first kappa shape index (κ1) is 21.1. The van der Waals surface area contributed by atoms with Crippen molar-refractivity contribution in [3.63, 3.8) is 0 Å². The molecule has 0 radical (unpaired) electrons. The second kappa shape index (κ2) is 9.80. The van der Waals surface area contributed by atoms with E-state index >= 15 is 0 Å². The smallest absolute Gasteiger partial charge is 0.194 e. The van der Waals surface area contributed by atoms with Crippen molar-refractivity contribution in [3.05, 3.63) is 131 Å². The molecular weight excluding hydrogens is 396 g/mol. The molecule has 4 aromatic rings. The van der Waals surface area contributed by atoms with E-state index in [4.69, 9.17) is 9.47 Å². The number of rotatable bonds is 7. The van der Waals surface area contributed by atoms with E-state index in [0.717, 1.165) is 28.0 Å². The second-order valence-corrected chi connectivity index (χ2v) is 7.27. The SMILES string of the molecule is COc1ccc(C(=O)C(=C(c2ccccc2)c2ccccc2)c2ccc(OC)cc2)cc1. The van der Waals surface area contributed by atoms with Crippen LogP contribution in [-0.2, 0) is 0 Å². The van der Waals surface area contributed by atoms with Crippen LogP contribution in [0.5, 0.6) is 11.5 Å². The van der Waals surface area contributed by atoms with Crippen molar-refractivity contribution in [1.82, 2.24) is 0 Å². The highest BCUT2D eigenvalue weighted by Gasteiger charge is 2.22. The Kier molecular flexibility index (Phi) is 6.47. The monoisotopic (exact) mass is 420 g/mol. The number of methoxy groups -OCH3 is 2. The first-order valence-corrected chi connectivity index (χ1v) is 10.4. The molecule has 0 unspecified atom stereocenters. The lowest BCUT2D eigenvalue weighted by Crippen LogP contribution is -2.07. The fraction of sp³-hybridized carbons (Fsp3) is 0.0690. The molecular formula is C29H24O3. The maximum absolute atomic E-state index is 14.0. The van der Waals surface area contributed by atoms with Crippen LogP contribution in [0.25, 0.3) is 11.1 Å². The van der Waals surface area contributed by atoms with Gasteiger partial charge in [-0.05, 0) is 53.1 Å². The van der Waals surface area contributed by atoms with E-state index in [9.17, 15) is 4.79 Å². The Bertz CT molecular complexity index is 1170. The average molecular weight is 421 g/mol. The molecule has 4 rings (SSSR count). The largest absolute Gasteiger partial charge is 0.497 e. The molecule has 0 atom stereocenters. The Morgan fingerprint density at radius 2 is 0.906 bits per heavy atom. The highest BCUT2D eigenvalue weighted by molar-refractivity contribution is 6.35. The normalized spacial score (nSPS) is 10.3. The average Bonchev–Trinajstić information content (AvgIpc) is 2.88. The summed E-state index contributed by atoms with van der Waals surface area (Å²) in [5.74, 6) is 1.40. The minimum absolute atomic E-state index is 0.0551. The van der Waals surface area contributed by atoms with Gasteiger partial charge in [0.25, 0.3) is 0 Å². The Balaban J connectivity index is 2.00. The maximum atomic E-state index is 14.0. The van der Waals surface area contributed by atoms with Gasteiger partial charge in [0, 0.05) is 16.7 Å². The molecule has 0 fully saturated rings. The molecule has 0 spiro atoms. The van der Waals surface area contributed by atoms with E-state index in [1.807, 2.05) is 97.1 Å². The standard InChI is InChI=1S/C29H24O3/c1-31-25-17-13-23(14-18-25)28(29(30)24-15-19-26(32-2)20-16-24)27(21-9-5-3-6-10-21)22-11-7-4-8-12-22/h3-20H,1-2H3. The molecule has 0 saturated carbocycles. The van der Waals surface area contributed by atoms with E-state index < -0.39 is 0 Å². The summed E-state index contributed by atoms with van der Waals surface area (Å²) in [5.41, 5.74) is 4.90. The third kappa shape index (κ3) is 4.47. The first-order chi connectivity index (χ1) is 15.7. The van der Waals surface area contributed by atoms with Gasteiger partial charge in [-0.2, -0.15) is 0 Å². The third-order valence-electron chi connectivity index (χ3n) is 5.33. The summed E-state index contributed by atoms with van der Waals surface area (Å²) in [7, 11) is 3.25. The molecule has 0 amide bonds. The molecule has 0 bridgehead atoms. The van der Waals surface area contributed by atoms with Crippen molar-refractivity contribution in [3.8, 4) is 11.5 Å². The highest BCUT2D eigenvalue weighted by Crippen LogP contribution is 2.35. The Labute approximate surface area is 188 Å². The van der Waals surface area contributed by atoms with Gasteiger partial charge in [0.2, 0.25) is 0 Å². The molecule has 0 aromatic heterocycles. The van der Waals surface area contributed by atoms with Gasteiger partial charge in [0.15, 0.2) is 5.78 Å². The number of hydrogen-bond donors (Lipinski definition) is 0. The number of ketones is 1. The van der Waals surface area contributed by atoms with Crippen LogP contribution in [0.3, 0.4) is 0 Å². The van der Waals surface area contributed by atoms with Crippen molar-refractivity contribution in [2.45, 2.75) is 0 Å². The lowest BCUT2D eigenvalue weighted by molar-refractivity contribution is 0.105. The van der Waals surface area contributed by atoms with Crippen LogP contribution in [0, 0.1) is 0 Å². The van der Waals surface area contributed by atoms with Crippen molar-refractivity contribution >= 4 is 16.9 Å². The molecule has 4 aromatic carbocycles. The number of Topliss-reactive ketones (excluding diaryl/α,β-unsaturated/α-hetero) is 1. The van der Waals surface area contributed by atoms with Gasteiger partial charge < -0.3 is 9.47 Å². The van der Waals surface area contributed by atoms with Crippen LogP contribution in [0.15, 0.2) is 109 Å². The predicted octanol–water partition coefficient (Wildman–Crippen LogP) is 6.55. The van der Waals surface area contributed by atoms with E-state index in [1.54, 1.807) is 26.4 Å². The van der Waals surface area contributed by atoms with Crippen LogP contribution >= 0.6 is 0 Å². The van der Waals surface area contributed by atoms with E-state index in [-0.39, 0.29) is 5.78 Å². The van der Waals surface area contributed by atoms with Crippen LogP contribution in [0.1, 0.15) is 27.0 Å². The lowest BCUT2D eigenvalue weighted by atomic mass is 9.85. The number of carbonyl (C=O) groups is 1. The van der Waals surface area contributed by atoms with Crippen LogP contribution < -0.4 is 9.47 Å². The summed E-state index contributed by atoms with van der Waals surface area (Å²) in [6, 6.07) is 34.9. The molecule has 0 aliphatic rings. The minimum Gasteiger partial charge on any atom is -0.497 e. The molecule has 0 saturated heterocycles. The first-order valence-electron chi connectivity index (χ1n) is 10.4. The van der Waals surface area contributed by atoms with Crippen molar-refractivity contribution in [2.75, 3.05) is 14.2 Å². The summed E-state index contributed by atoms with van der Waals surface area (Å²) in [6.07, 6.45) is 0.